The van der Waals surface area contributed by atoms with Gasteiger partial charge in [-0.1, -0.05) is 13.3 Å². The summed E-state index contributed by atoms with van der Waals surface area (Å²) in [4.78, 5) is 11.3. The molecule has 2 unspecified atom stereocenters. The SMILES string of the molecule is CCCC1CC(NCCC(=O)NCC)CCO1. The number of amides is 1. The molecular formula is C13H26N2O2. The second-order valence-electron chi connectivity index (χ2n) is 4.66. The van der Waals surface area contributed by atoms with E-state index in [1.54, 1.807) is 0 Å². The fraction of sp³-hybridized carbons (Fsp3) is 0.923. The Morgan fingerprint density at radius 1 is 1.41 bits per heavy atom. The Hall–Kier alpha value is -0.610. The van der Waals surface area contributed by atoms with Gasteiger partial charge in [0, 0.05) is 32.2 Å². The lowest BCUT2D eigenvalue weighted by Crippen LogP contribution is -2.40. The van der Waals surface area contributed by atoms with Gasteiger partial charge in [-0.15, -0.1) is 0 Å². The van der Waals surface area contributed by atoms with Crippen LogP contribution in [0.5, 0.6) is 0 Å². The molecule has 0 aromatic carbocycles. The highest BCUT2D eigenvalue weighted by molar-refractivity contribution is 5.75. The average Bonchev–Trinajstić information content (AvgIpc) is 2.30. The third-order valence-electron chi connectivity index (χ3n) is 3.14. The molecule has 0 aliphatic carbocycles. The van der Waals surface area contributed by atoms with E-state index in [4.69, 9.17) is 4.74 Å². The highest BCUT2D eigenvalue weighted by Crippen LogP contribution is 2.17. The average molecular weight is 242 g/mol. The van der Waals surface area contributed by atoms with Crippen molar-refractivity contribution in [3.05, 3.63) is 0 Å². The first-order valence-electron chi connectivity index (χ1n) is 6.88. The van der Waals surface area contributed by atoms with Crippen LogP contribution in [-0.4, -0.2) is 37.7 Å². The van der Waals surface area contributed by atoms with Gasteiger partial charge in [0.25, 0.3) is 0 Å². The first kappa shape index (κ1) is 14.5. The molecule has 2 atom stereocenters. The summed E-state index contributed by atoms with van der Waals surface area (Å²) in [6.45, 7) is 6.47. The summed E-state index contributed by atoms with van der Waals surface area (Å²) in [5, 5.41) is 6.27. The maximum absolute atomic E-state index is 11.3. The van der Waals surface area contributed by atoms with Crippen molar-refractivity contribution in [1.29, 1.82) is 0 Å². The molecule has 1 rings (SSSR count). The highest BCUT2D eigenvalue weighted by atomic mass is 16.5. The quantitative estimate of drug-likeness (QED) is 0.710. The number of ether oxygens (including phenoxy) is 1. The van der Waals surface area contributed by atoms with Gasteiger partial charge >= 0.3 is 0 Å². The fourth-order valence-electron chi connectivity index (χ4n) is 2.26. The molecule has 4 heteroatoms. The fourth-order valence-corrected chi connectivity index (χ4v) is 2.26. The van der Waals surface area contributed by atoms with Gasteiger partial charge < -0.3 is 15.4 Å². The van der Waals surface area contributed by atoms with Gasteiger partial charge in [0.2, 0.25) is 5.91 Å². The van der Waals surface area contributed by atoms with E-state index in [9.17, 15) is 4.79 Å². The van der Waals surface area contributed by atoms with Crippen LogP contribution < -0.4 is 10.6 Å². The van der Waals surface area contributed by atoms with E-state index in [0.29, 0.717) is 25.1 Å². The molecule has 0 spiro atoms. The molecule has 0 radical (unpaired) electrons. The summed E-state index contributed by atoms with van der Waals surface area (Å²) in [7, 11) is 0. The zero-order chi connectivity index (χ0) is 12.5. The number of carbonyl (C=O) groups is 1. The van der Waals surface area contributed by atoms with Crippen molar-refractivity contribution in [3.8, 4) is 0 Å². The Kier molecular flexibility index (Phi) is 7.21. The molecule has 1 aliphatic rings. The Morgan fingerprint density at radius 2 is 2.24 bits per heavy atom. The zero-order valence-corrected chi connectivity index (χ0v) is 11.1. The molecule has 0 aromatic rings. The van der Waals surface area contributed by atoms with E-state index in [0.717, 1.165) is 32.4 Å². The number of hydrogen-bond acceptors (Lipinski definition) is 3. The molecule has 100 valence electrons. The minimum atomic E-state index is 0.136. The van der Waals surface area contributed by atoms with Crippen LogP contribution in [0.2, 0.25) is 0 Å². The summed E-state index contributed by atoms with van der Waals surface area (Å²) in [5.74, 6) is 0.136. The van der Waals surface area contributed by atoms with Crippen LogP contribution in [0.15, 0.2) is 0 Å². The molecule has 1 aliphatic heterocycles. The van der Waals surface area contributed by atoms with E-state index in [-0.39, 0.29) is 5.91 Å². The van der Waals surface area contributed by atoms with Crippen LogP contribution in [0, 0.1) is 0 Å². The van der Waals surface area contributed by atoms with Crippen molar-refractivity contribution >= 4 is 5.91 Å². The maximum atomic E-state index is 11.3. The van der Waals surface area contributed by atoms with Gasteiger partial charge in [-0.3, -0.25) is 4.79 Å². The second-order valence-corrected chi connectivity index (χ2v) is 4.66. The molecule has 1 saturated heterocycles. The smallest absolute Gasteiger partial charge is 0.221 e. The van der Waals surface area contributed by atoms with E-state index in [1.807, 2.05) is 6.92 Å². The van der Waals surface area contributed by atoms with E-state index >= 15 is 0 Å². The van der Waals surface area contributed by atoms with Crippen molar-refractivity contribution < 1.29 is 9.53 Å². The van der Waals surface area contributed by atoms with Gasteiger partial charge in [0.05, 0.1) is 6.10 Å². The summed E-state index contributed by atoms with van der Waals surface area (Å²) >= 11 is 0. The predicted octanol–water partition coefficient (Wildman–Crippen LogP) is 1.45. The third kappa shape index (κ3) is 6.03. The molecule has 1 heterocycles. The van der Waals surface area contributed by atoms with Crippen molar-refractivity contribution in [2.24, 2.45) is 0 Å². The standard InChI is InChI=1S/C13H26N2O2/c1-3-5-12-10-11(7-9-17-12)15-8-6-13(16)14-4-2/h11-12,15H,3-10H2,1-2H3,(H,14,16). The van der Waals surface area contributed by atoms with Gasteiger partial charge in [0.15, 0.2) is 0 Å². The van der Waals surface area contributed by atoms with E-state index in [2.05, 4.69) is 17.6 Å². The molecule has 1 amide bonds. The first-order valence-corrected chi connectivity index (χ1v) is 6.88. The first-order chi connectivity index (χ1) is 8.26. The van der Waals surface area contributed by atoms with Gasteiger partial charge in [-0.2, -0.15) is 0 Å². The normalized spacial score (nSPS) is 24.6. The topological polar surface area (TPSA) is 50.4 Å². The molecule has 1 fully saturated rings. The van der Waals surface area contributed by atoms with Gasteiger partial charge in [0.1, 0.15) is 0 Å². The highest BCUT2D eigenvalue weighted by Gasteiger charge is 2.21. The molecule has 0 saturated carbocycles. The van der Waals surface area contributed by atoms with Crippen LogP contribution in [0.25, 0.3) is 0 Å². The Bertz CT molecular complexity index is 219. The van der Waals surface area contributed by atoms with Crippen LogP contribution in [0.4, 0.5) is 0 Å². The predicted molar refractivity (Wildman–Crippen MR) is 69.0 cm³/mol. The van der Waals surface area contributed by atoms with E-state index in [1.165, 1.54) is 6.42 Å². The van der Waals surface area contributed by atoms with Crippen LogP contribution in [0.1, 0.15) is 46.0 Å². The number of hydrogen-bond donors (Lipinski definition) is 2. The second kappa shape index (κ2) is 8.48. The van der Waals surface area contributed by atoms with Crippen molar-refractivity contribution in [1.82, 2.24) is 10.6 Å². The molecule has 4 nitrogen and oxygen atoms in total. The lowest BCUT2D eigenvalue weighted by atomic mass is 10.00. The number of carbonyl (C=O) groups excluding carboxylic acids is 1. The Balaban J connectivity index is 2.12. The largest absolute Gasteiger partial charge is 0.378 e. The van der Waals surface area contributed by atoms with Crippen LogP contribution >= 0.6 is 0 Å². The molecule has 0 aromatic heterocycles. The lowest BCUT2D eigenvalue weighted by molar-refractivity contribution is -0.120. The summed E-state index contributed by atoms with van der Waals surface area (Å²) < 4.78 is 5.70. The molecule has 2 N–H and O–H groups in total. The summed E-state index contributed by atoms with van der Waals surface area (Å²) in [5.41, 5.74) is 0. The van der Waals surface area contributed by atoms with Gasteiger partial charge in [-0.25, -0.2) is 0 Å². The summed E-state index contributed by atoms with van der Waals surface area (Å²) in [6.07, 6.45) is 5.46. The van der Waals surface area contributed by atoms with Crippen LogP contribution in [-0.2, 0) is 9.53 Å². The van der Waals surface area contributed by atoms with Crippen molar-refractivity contribution in [3.63, 3.8) is 0 Å². The van der Waals surface area contributed by atoms with Crippen molar-refractivity contribution in [2.45, 2.75) is 58.1 Å². The maximum Gasteiger partial charge on any atom is 0.221 e. The van der Waals surface area contributed by atoms with Gasteiger partial charge in [-0.05, 0) is 26.2 Å². The van der Waals surface area contributed by atoms with Crippen LogP contribution in [0.3, 0.4) is 0 Å². The molecule has 17 heavy (non-hydrogen) atoms. The minimum Gasteiger partial charge on any atom is -0.378 e. The monoisotopic (exact) mass is 242 g/mol. The third-order valence-corrected chi connectivity index (χ3v) is 3.14. The van der Waals surface area contributed by atoms with Crippen molar-refractivity contribution in [2.75, 3.05) is 19.7 Å². The lowest BCUT2D eigenvalue weighted by Gasteiger charge is -2.30. The molecular weight excluding hydrogens is 216 g/mol. The number of rotatable bonds is 7. The minimum absolute atomic E-state index is 0.136. The Morgan fingerprint density at radius 3 is 2.94 bits per heavy atom. The van der Waals surface area contributed by atoms with E-state index < -0.39 is 0 Å². The summed E-state index contributed by atoms with van der Waals surface area (Å²) in [6, 6.07) is 0.523. The Labute approximate surface area is 104 Å². The molecule has 0 bridgehead atoms. The zero-order valence-electron chi connectivity index (χ0n) is 11.1. The number of nitrogens with one attached hydrogen (secondary N) is 2.